The van der Waals surface area contributed by atoms with Crippen LogP contribution in [0, 0.1) is 5.92 Å². The van der Waals surface area contributed by atoms with Crippen molar-refractivity contribution >= 4 is 46.3 Å². The molecule has 0 atom stereocenters. The highest BCUT2D eigenvalue weighted by Gasteiger charge is 2.25. The van der Waals surface area contributed by atoms with E-state index in [-0.39, 0.29) is 17.5 Å². The monoisotopic (exact) mass is 536 g/mol. The first-order valence-corrected chi connectivity index (χ1v) is 13.4. The molecule has 2 fully saturated rings. The van der Waals surface area contributed by atoms with Crippen LogP contribution in [0.5, 0.6) is 5.75 Å². The van der Waals surface area contributed by atoms with E-state index in [2.05, 4.69) is 27.6 Å². The molecule has 0 unspecified atom stereocenters. The summed E-state index contributed by atoms with van der Waals surface area (Å²) in [6.45, 7) is 4.35. The molecule has 1 aliphatic carbocycles. The largest absolute Gasteiger partial charge is 0.487 e. The molecule has 2 aromatic heterocycles. The maximum Gasteiger partial charge on any atom is 0.293 e. The van der Waals surface area contributed by atoms with Crippen LogP contribution in [0.4, 0.5) is 11.6 Å². The fourth-order valence-electron chi connectivity index (χ4n) is 4.61. The van der Waals surface area contributed by atoms with E-state index in [0.717, 1.165) is 38.8 Å². The topological polar surface area (TPSA) is 101 Å². The summed E-state index contributed by atoms with van der Waals surface area (Å²) in [5.41, 5.74) is 2.68. The standard InChI is InChI=1S/C28H33ClN6O3/c1-4-5-20-24-23(35(3)27(37)25(20)38-16-17-6-7-17)15-30-28(33-24)32-22-9-8-18(14-21(22)29)26(36)31-19-10-12-34(2)13-11-19/h4-5,8-9,14-15,17,19H,6-7,10-13,16H2,1-3H3,(H,31,36)(H,30,32,33)/b5-4+. The van der Waals surface area contributed by atoms with E-state index < -0.39 is 0 Å². The van der Waals surface area contributed by atoms with Crippen LogP contribution in [0.25, 0.3) is 17.1 Å². The maximum absolute atomic E-state index is 13.0. The van der Waals surface area contributed by atoms with Crippen molar-refractivity contribution in [3.63, 3.8) is 0 Å². The fourth-order valence-corrected chi connectivity index (χ4v) is 4.84. The van der Waals surface area contributed by atoms with E-state index in [1.165, 1.54) is 4.57 Å². The molecule has 0 radical (unpaired) electrons. The molecule has 200 valence electrons. The minimum Gasteiger partial charge on any atom is -0.487 e. The number of aromatic nitrogens is 3. The van der Waals surface area contributed by atoms with E-state index in [1.54, 1.807) is 31.4 Å². The van der Waals surface area contributed by atoms with Gasteiger partial charge in [-0.2, -0.15) is 0 Å². The fraction of sp³-hybridized carbons (Fsp3) is 0.429. The second kappa shape index (κ2) is 11.1. The number of allylic oxidation sites excluding steroid dienone is 1. The summed E-state index contributed by atoms with van der Waals surface area (Å²) in [5.74, 6) is 0.992. The zero-order chi connectivity index (χ0) is 26.8. The number of pyridine rings is 1. The highest BCUT2D eigenvalue weighted by molar-refractivity contribution is 6.33. The number of ether oxygens (including phenoxy) is 1. The van der Waals surface area contributed by atoms with Gasteiger partial charge < -0.3 is 24.8 Å². The Hall–Kier alpha value is -3.43. The van der Waals surface area contributed by atoms with Crippen molar-refractivity contribution in [1.29, 1.82) is 0 Å². The van der Waals surface area contributed by atoms with Gasteiger partial charge in [-0.25, -0.2) is 9.97 Å². The van der Waals surface area contributed by atoms with Crippen molar-refractivity contribution in [3.8, 4) is 5.75 Å². The number of rotatable bonds is 8. The summed E-state index contributed by atoms with van der Waals surface area (Å²) >= 11 is 6.55. The van der Waals surface area contributed by atoms with Crippen molar-refractivity contribution in [1.82, 2.24) is 24.8 Å². The molecular weight excluding hydrogens is 504 g/mol. The van der Waals surface area contributed by atoms with Gasteiger partial charge in [0, 0.05) is 18.7 Å². The van der Waals surface area contributed by atoms with Gasteiger partial charge in [-0.1, -0.05) is 23.8 Å². The van der Waals surface area contributed by atoms with Crippen LogP contribution in [0.3, 0.4) is 0 Å². The molecule has 0 spiro atoms. The van der Waals surface area contributed by atoms with Crippen LogP contribution in [-0.2, 0) is 7.05 Å². The maximum atomic E-state index is 13.0. The lowest BCUT2D eigenvalue weighted by Gasteiger charge is -2.29. The van der Waals surface area contributed by atoms with E-state index >= 15 is 0 Å². The molecule has 1 aliphatic heterocycles. The highest BCUT2D eigenvalue weighted by atomic mass is 35.5. The summed E-state index contributed by atoms with van der Waals surface area (Å²) in [7, 11) is 3.78. The molecule has 0 bridgehead atoms. The predicted molar refractivity (Wildman–Crippen MR) is 150 cm³/mol. The van der Waals surface area contributed by atoms with Gasteiger partial charge in [0.25, 0.3) is 11.5 Å². The number of nitrogens with zero attached hydrogens (tertiary/aromatic N) is 4. The first-order chi connectivity index (χ1) is 18.3. The number of nitrogens with one attached hydrogen (secondary N) is 2. The molecule has 38 heavy (non-hydrogen) atoms. The van der Waals surface area contributed by atoms with Gasteiger partial charge in [0.15, 0.2) is 5.75 Å². The first kappa shape index (κ1) is 26.2. The number of amides is 1. The highest BCUT2D eigenvalue weighted by Crippen LogP contribution is 2.32. The van der Waals surface area contributed by atoms with Crippen molar-refractivity contribution in [2.24, 2.45) is 13.0 Å². The lowest BCUT2D eigenvalue weighted by atomic mass is 10.0. The van der Waals surface area contributed by atoms with Crippen molar-refractivity contribution in [2.45, 2.75) is 38.6 Å². The van der Waals surface area contributed by atoms with Crippen molar-refractivity contribution < 1.29 is 9.53 Å². The van der Waals surface area contributed by atoms with Crippen LogP contribution in [0.15, 0.2) is 35.3 Å². The Morgan fingerprint density at radius 3 is 2.66 bits per heavy atom. The number of fused-ring (bicyclic) bond motifs is 1. The summed E-state index contributed by atoms with van der Waals surface area (Å²) in [5, 5.41) is 6.65. The first-order valence-electron chi connectivity index (χ1n) is 13.0. The van der Waals surface area contributed by atoms with E-state index in [1.807, 2.05) is 19.1 Å². The molecule has 2 N–H and O–H groups in total. The average molecular weight is 537 g/mol. The van der Waals surface area contributed by atoms with Crippen LogP contribution < -0.4 is 20.9 Å². The molecule has 10 heteroatoms. The quantitative estimate of drug-likeness (QED) is 0.441. The molecule has 3 heterocycles. The summed E-state index contributed by atoms with van der Waals surface area (Å²) in [6.07, 6.45) is 9.44. The van der Waals surface area contributed by atoms with E-state index in [4.69, 9.17) is 21.3 Å². The van der Waals surface area contributed by atoms with Gasteiger partial charge in [0.1, 0.15) is 5.52 Å². The van der Waals surface area contributed by atoms with Gasteiger partial charge in [0.05, 0.1) is 34.6 Å². The second-order valence-corrected chi connectivity index (χ2v) is 10.6. The Balaban J connectivity index is 1.39. The average Bonchev–Trinajstić information content (AvgIpc) is 3.74. The van der Waals surface area contributed by atoms with E-state index in [0.29, 0.717) is 57.1 Å². The number of hydrogen-bond acceptors (Lipinski definition) is 7. The summed E-state index contributed by atoms with van der Waals surface area (Å²) < 4.78 is 7.49. The molecule has 9 nitrogen and oxygen atoms in total. The van der Waals surface area contributed by atoms with Gasteiger partial charge in [-0.05, 0) is 76.9 Å². The Morgan fingerprint density at radius 1 is 1.21 bits per heavy atom. The van der Waals surface area contributed by atoms with Gasteiger partial charge in [-0.3, -0.25) is 9.59 Å². The second-order valence-electron chi connectivity index (χ2n) is 10.2. The third-order valence-corrected chi connectivity index (χ3v) is 7.47. The Morgan fingerprint density at radius 2 is 1.97 bits per heavy atom. The Labute approximate surface area is 226 Å². The SMILES string of the molecule is C/C=C/c1c(OCC2CC2)c(=O)n(C)c2cnc(Nc3ccc(C(=O)NC4CCN(C)CC4)cc3Cl)nc12. The number of aryl methyl sites for hydroxylation is 1. The van der Waals surface area contributed by atoms with Crippen LogP contribution in [0.1, 0.15) is 48.5 Å². The smallest absolute Gasteiger partial charge is 0.293 e. The molecule has 1 saturated carbocycles. The number of halogens is 1. The van der Waals surface area contributed by atoms with Gasteiger partial charge in [0.2, 0.25) is 5.95 Å². The van der Waals surface area contributed by atoms with Crippen molar-refractivity contribution in [3.05, 3.63) is 57.0 Å². The molecule has 1 saturated heterocycles. The molecule has 1 amide bonds. The number of anilines is 2. The normalized spacial score (nSPS) is 16.7. The lowest BCUT2D eigenvalue weighted by Crippen LogP contribution is -2.43. The lowest BCUT2D eigenvalue weighted by molar-refractivity contribution is 0.0917. The number of benzene rings is 1. The van der Waals surface area contributed by atoms with Gasteiger partial charge in [-0.15, -0.1) is 0 Å². The summed E-state index contributed by atoms with van der Waals surface area (Å²) in [6, 6.07) is 5.30. The molecule has 5 rings (SSSR count). The zero-order valence-electron chi connectivity index (χ0n) is 22.0. The minimum atomic E-state index is -0.215. The van der Waals surface area contributed by atoms with E-state index in [9.17, 15) is 9.59 Å². The Bertz CT molecular complexity index is 1440. The van der Waals surface area contributed by atoms with Crippen molar-refractivity contribution in [2.75, 3.05) is 32.1 Å². The number of piperidine rings is 1. The Kier molecular flexibility index (Phi) is 7.67. The molecular formula is C28H33ClN6O3. The summed E-state index contributed by atoms with van der Waals surface area (Å²) in [4.78, 5) is 37.2. The zero-order valence-corrected chi connectivity index (χ0v) is 22.7. The van der Waals surface area contributed by atoms with Crippen LogP contribution >= 0.6 is 11.6 Å². The number of carbonyl (C=O) groups excluding carboxylic acids is 1. The molecule has 1 aromatic carbocycles. The van der Waals surface area contributed by atoms with Crippen LogP contribution in [0.2, 0.25) is 5.02 Å². The third-order valence-electron chi connectivity index (χ3n) is 7.15. The van der Waals surface area contributed by atoms with Crippen LogP contribution in [-0.4, -0.2) is 58.1 Å². The predicted octanol–water partition coefficient (Wildman–Crippen LogP) is 4.37. The number of carbonyl (C=O) groups is 1. The molecule has 3 aromatic rings. The number of hydrogen-bond donors (Lipinski definition) is 2. The van der Waals surface area contributed by atoms with Gasteiger partial charge >= 0.3 is 0 Å². The minimum absolute atomic E-state index is 0.134. The third kappa shape index (κ3) is 5.68. The number of likely N-dealkylation sites (tertiary alicyclic amines) is 1. The molecule has 2 aliphatic rings.